The Bertz CT molecular complexity index is 125. The second kappa shape index (κ2) is 2.86. The van der Waals surface area contributed by atoms with Gasteiger partial charge in [-0.15, -0.1) is 6.42 Å². The second-order valence-corrected chi connectivity index (χ2v) is 2.10. The molecule has 0 aromatic heterocycles. The Morgan fingerprint density at radius 3 is 2.89 bits per heavy atom. The molecule has 0 N–H and O–H groups in total. The van der Waals surface area contributed by atoms with Gasteiger partial charge in [-0.05, 0) is 19.3 Å². The standard InChI is InChI=1S/C7H10O2/c1-3-7-8-5-4-6(2)9-7/h1,6-7H,4-5H2,2H3/t6-,7+/m0/s1. The van der Waals surface area contributed by atoms with Gasteiger partial charge in [0.05, 0.1) is 12.7 Å². The summed E-state index contributed by atoms with van der Waals surface area (Å²) in [7, 11) is 0. The van der Waals surface area contributed by atoms with E-state index in [1.165, 1.54) is 0 Å². The molecule has 50 valence electrons. The van der Waals surface area contributed by atoms with Gasteiger partial charge in [-0.25, -0.2) is 0 Å². The molecule has 0 spiro atoms. The van der Waals surface area contributed by atoms with Crippen LogP contribution in [0.1, 0.15) is 13.3 Å². The fraction of sp³-hybridized carbons (Fsp3) is 0.714. The van der Waals surface area contributed by atoms with Crippen molar-refractivity contribution in [1.82, 2.24) is 0 Å². The van der Waals surface area contributed by atoms with E-state index >= 15 is 0 Å². The Balaban J connectivity index is 2.34. The number of hydrogen-bond acceptors (Lipinski definition) is 2. The van der Waals surface area contributed by atoms with Crippen molar-refractivity contribution in [1.29, 1.82) is 0 Å². The van der Waals surface area contributed by atoms with Crippen LogP contribution in [0.5, 0.6) is 0 Å². The van der Waals surface area contributed by atoms with Crippen molar-refractivity contribution >= 4 is 0 Å². The van der Waals surface area contributed by atoms with Crippen molar-refractivity contribution in [2.24, 2.45) is 0 Å². The zero-order valence-corrected chi connectivity index (χ0v) is 5.46. The molecule has 0 aromatic rings. The lowest BCUT2D eigenvalue weighted by Crippen LogP contribution is -2.28. The van der Waals surface area contributed by atoms with Gasteiger partial charge < -0.3 is 9.47 Å². The minimum atomic E-state index is -0.409. The van der Waals surface area contributed by atoms with E-state index in [1.54, 1.807) is 0 Å². The van der Waals surface area contributed by atoms with Crippen LogP contribution in [0.25, 0.3) is 0 Å². The van der Waals surface area contributed by atoms with Gasteiger partial charge in [0.15, 0.2) is 0 Å². The van der Waals surface area contributed by atoms with Crippen molar-refractivity contribution in [3.8, 4) is 12.3 Å². The molecule has 2 nitrogen and oxygen atoms in total. The molecule has 1 rings (SSSR count). The van der Waals surface area contributed by atoms with Crippen molar-refractivity contribution < 1.29 is 9.47 Å². The topological polar surface area (TPSA) is 18.5 Å². The molecule has 2 atom stereocenters. The molecule has 1 fully saturated rings. The molecule has 0 aliphatic carbocycles. The highest BCUT2D eigenvalue weighted by molar-refractivity contribution is 4.90. The number of terminal acetylenes is 1. The largest absolute Gasteiger partial charge is 0.342 e. The molecule has 1 aliphatic heterocycles. The first kappa shape index (κ1) is 6.60. The highest BCUT2D eigenvalue weighted by atomic mass is 16.7. The Morgan fingerprint density at radius 1 is 1.67 bits per heavy atom. The van der Waals surface area contributed by atoms with E-state index in [1.807, 2.05) is 6.92 Å². The second-order valence-electron chi connectivity index (χ2n) is 2.10. The predicted molar refractivity (Wildman–Crippen MR) is 33.7 cm³/mol. The van der Waals surface area contributed by atoms with Gasteiger partial charge in [-0.2, -0.15) is 0 Å². The van der Waals surface area contributed by atoms with Gasteiger partial charge in [-0.1, -0.05) is 0 Å². The van der Waals surface area contributed by atoms with E-state index in [0.717, 1.165) is 13.0 Å². The van der Waals surface area contributed by atoms with Crippen LogP contribution >= 0.6 is 0 Å². The lowest BCUT2D eigenvalue weighted by atomic mass is 10.3. The SMILES string of the molecule is C#C[C@@H]1OCC[C@H](C)O1. The van der Waals surface area contributed by atoms with E-state index in [2.05, 4.69) is 5.92 Å². The van der Waals surface area contributed by atoms with Crippen LogP contribution < -0.4 is 0 Å². The average Bonchev–Trinajstić information content (AvgIpc) is 1.88. The minimum Gasteiger partial charge on any atom is -0.342 e. The molecule has 2 heteroatoms. The summed E-state index contributed by atoms with van der Waals surface area (Å²) in [6, 6.07) is 0. The lowest BCUT2D eigenvalue weighted by molar-refractivity contribution is -0.175. The molecule has 0 amide bonds. The van der Waals surface area contributed by atoms with Gasteiger partial charge in [0.1, 0.15) is 0 Å². The first-order valence-corrected chi connectivity index (χ1v) is 3.06. The van der Waals surface area contributed by atoms with Gasteiger partial charge >= 0.3 is 0 Å². The van der Waals surface area contributed by atoms with E-state index in [-0.39, 0.29) is 6.10 Å². The van der Waals surface area contributed by atoms with Crippen LogP contribution in [-0.2, 0) is 9.47 Å². The zero-order valence-electron chi connectivity index (χ0n) is 5.46. The number of rotatable bonds is 0. The number of hydrogen-bond donors (Lipinski definition) is 0. The summed E-state index contributed by atoms with van der Waals surface area (Å²) in [5.74, 6) is 2.39. The summed E-state index contributed by atoms with van der Waals surface area (Å²) in [6.07, 6.45) is 5.85. The van der Waals surface area contributed by atoms with Crippen LogP contribution in [0.15, 0.2) is 0 Å². The highest BCUT2D eigenvalue weighted by Gasteiger charge is 2.16. The van der Waals surface area contributed by atoms with Crippen molar-refractivity contribution in [2.75, 3.05) is 6.61 Å². The van der Waals surface area contributed by atoms with Crippen LogP contribution in [0, 0.1) is 12.3 Å². The lowest BCUT2D eigenvalue weighted by Gasteiger charge is -2.23. The fourth-order valence-corrected chi connectivity index (χ4v) is 0.747. The fourth-order valence-electron chi connectivity index (χ4n) is 0.747. The molecule has 9 heavy (non-hydrogen) atoms. The summed E-state index contributed by atoms with van der Waals surface area (Å²) >= 11 is 0. The summed E-state index contributed by atoms with van der Waals surface area (Å²) in [6.45, 7) is 2.71. The van der Waals surface area contributed by atoms with Gasteiger partial charge in [-0.3, -0.25) is 0 Å². The Kier molecular flexibility index (Phi) is 2.10. The van der Waals surface area contributed by atoms with Gasteiger partial charge in [0, 0.05) is 0 Å². The molecule has 0 unspecified atom stereocenters. The van der Waals surface area contributed by atoms with E-state index < -0.39 is 6.29 Å². The molecule has 0 saturated carbocycles. The van der Waals surface area contributed by atoms with Gasteiger partial charge in [0.2, 0.25) is 6.29 Å². The maximum atomic E-state index is 5.18. The van der Waals surface area contributed by atoms with E-state index in [9.17, 15) is 0 Å². The molecule has 0 radical (unpaired) electrons. The third kappa shape index (κ3) is 1.70. The summed E-state index contributed by atoms with van der Waals surface area (Å²) in [4.78, 5) is 0. The van der Waals surface area contributed by atoms with E-state index in [4.69, 9.17) is 15.9 Å². The van der Waals surface area contributed by atoms with Crippen LogP contribution in [0.4, 0.5) is 0 Å². The first-order valence-electron chi connectivity index (χ1n) is 3.06. The monoisotopic (exact) mass is 126 g/mol. The van der Waals surface area contributed by atoms with Crippen molar-refractivity contribution in [3.05, 3.63) is 0 Å². The Morgan fingerprint density at radius 2 is 2.44 bits per heavy atom. The quantitative estimate of drug-likeness (QED) is 0.446. The number of ether oxygens (including phenoxy) is 2. The van der Waals surface area contributed by atoms with Crippen LogP contribution in [-0.4, -0.2) is 19.0 Å². The summed E-state index contributed by atoms with van der Waals surface area (Å²) < 4.78 is 10.2. The third-order valence-corrected chi connectivity index (χ3v) is 1.29. The molecule has 0 bridgehead atoms. The average molecular weight is 126 g/mol. The molecule has 1 saturated heterocycles. The van der Waals surface area contributed by atoms with Crippen molar-refractivity contribution in [2.45, 2.75) is 25.7 Å². The smallest absolute Gasteiger partial charge is 0.222 e. The third-order valence-electron chi connectivity index (χ3n) is 1.29. The molecular weight excluding hydrogens is 116 g/mol. The molecule has 1 aliphatic rings. The Hall–Kier alpha value is -0.520. The highest BCUT2D eigenvalue weighted by Crippen LogP contribution is 2.09. The maximum Gasteiger partial charge on any atom is 0.222 e. The van der Waals surface area contributed by atoms with Crippen LogP contribution in [0.2, 0.25) is 0 Å². The van der Waals surface area contributed by atoms with Gasteiger partial charge in [0.25, 0.3) is 0 Å². The minimum absolute atomic E-state index is 0.250. The normalized spacial score (nSPS) is 35.6. The van der Waals surface area contributed by atoms with Crippen LogP contribution in [0.3, 0.4) is 0 Å². The summed E-state index contributed by atoms with van der Waals surface area (Å²) in [5.41, 5.74) is 0. The predicted octanol–water partition coefficient (Wildman–Crippen LogP) is 0.771. The van der Waals surface area contributed by atoms with E-state index in [0.29, 0.717) is 0 Å². The summed E-state index contributed by atoms with van der Waals surface area (Å²) in [5, 5.41) is 0. The maximum absolute atomic E-state index is 5.18. The molecule has 1 heterocycles. The Labute approximate surface area is 55.1 Å². The van der Waals surface area contributed by atoms with Crippen molar-refractivity contribution in [3.63, 3.8) is 0 Å². The molecular formula is C7H10O2. The zero-order chi connectivity index (χ0) is 6.69. The molecule has 0 aromatic carbocycles. The first-order chi connectivity index (χ1) is 4.33.